The second-order valence-corrected chi connectivity index (χ2v) is 4.36. The monoisotopic (exact) mass is 223 g/mol. The van der Waals surface area contributed by atoms with Crippen LogP contribution in [0.1, 0.15) is 12.6 Å². The Morgan fingerprint density at radius 1 is 1.24 bits per heavy atom. The number of nitrogens with one attached hydrogen (secondary N) is 1. The predicted octanol–water partition coefficient (Wildman–Crippen LogP) is 3.23. The second kappa shape index (κ2) is 3.70. The molecule has 0 aromatic carbocycles. The van der Waals surface area contributed by atoms with Crippen LogP contribution >= 0.6 is 0 Å². The van der Waals surface area contributed by atoms with E-state index in [2.05, 4.69) is 27.6 Å². The van der Waals surface area contributed by atoms with E-state index in [1.165, 1.54) is 0 Å². The first kappa shape index (κ1) is 10.0. The smallest absolute Gasteiger partial charge is 0.114 e. The minimum atomic E-state index is 0.815. The maximum Gasteiger partial charge on any atom is 0.114 e. The number of fused-ring (bicyclic) bond motifs is 3. The molecule has 0 saturated heterocycles. The van der Waals surface area contributed by atoms with Gasteiger partial charge in [0.2, 0.25) is 0 Å². The number of nitrogens with zero attached hydrogens (tertiary/aromatic N) is 2. The van der Waals surface area contributed by atoms with Crippen LogP contribution < -0.4 is 0 Å². The molecular weight excluding hydrogens is 210 g/mol. The molecule has 3 heterocycles. The highest BCUT2D eigenvalue weighted by atomic mass is 14.8. The first-order valence-corrected chi connectivity index (χ1v) is 5.61. The average Bonchev–Trinajstić information content (AvgIpc) is 2.66. The van der Waals surface area contributed by atoms with Gasteiger partial charge in [-0.1, -0.05) is 12.2 Å². The summed E-state index contributed by atoms with van der Waals surface area (Å²) in [5.74, 6) is 0. The molecule has 0 saturated carbocycles. The van der Waals surface area contributed by atoms with Crippen LogP contribution in [0.5, 0.6) is 0 Å². The molecule has 0 bridgehead atoms. The first-order chi connectivity index (χ1) is 8.24. The standard InChI is InChI=1S/C14H13N3/c1-9(2)8-10-5-6-12-14(16-10)13-11(17-12)4-3-7-15-13/h3-7,17H,1,8H2,2H3. The summed E-state index contributed by atoms with van der Waals surface area (Å²) < 4.78 is 0. The first-order valence-electron chi connectivity index (χ1n) is 5.61. The van der Waals surface area contributed by atoms with Crippen LogP contribution in [0.15, 0.2) is 42.6 Å². The van der Waals surface area contributed by atoms with E-state index in [0.717, 1.165) is 39.8 Å². The molecule has 17 heavy (non-hydrogen) atoms. The van der Waals surface area contributed by atoms with Crippen LogP contribution in [0.25, 0.3) is 22.1 Å². The average molecular weight is 223 g/mol. The van der Waals surface area contributed by atoms with Gasteiger partial charge >= 0.3 is 0 Å². The van der Waals surface area contributed by atoms with Crippen molar-refractivity contribution < 1.29 is 0 Å². The minimum absolute atomic E-state index is 0.815. The summed E-state index contributed by atoms with van der Waals surface area (Å²) in [6.07, 6.45) is 2.61. The van der Waals surface area contributed by atoms with Crippen molar-refractivity contribution in [1.82, 2.24) is 15.0 Å². The summed E-state index contributed by atoms with van der Waals surface area (Å²) in [6, 6.07) is 8.03. The molecule has 84 valence electrons. The Morgan fingerprint density at radius 2 is 2.06 bits per heavy atom. The van der Waals surface area contributed by atoms with Gasteiger partial charge < -0.3 is 4.98 Å². The fourth-order valence-corrected chi connectivity index (χ4v) is 2.03. The number of allylic oxidation sites excluding steroid dienone is 1. The van der Waals surface area contributed by atoms with E-state index in [0.29, 0.717) is 0 Å². The number of pyridine rings is 2. The molecule has 0 aliphatic carbocycles. The largest absolute Gasteiger partial charge is 0.352 e. The van der Waals surface area contributed by atoms with Gasteiger partial charge in [0.25, 0.3) is 0 Å². The molecular formula is C14H13N3. The third-order valence-corrected chi connectivity index (χ3v) is 2.74. The molecule has 3 rings (SSSR count). The van der Waals surface area contributed by atoms with Crippen molar-refractivity contribution in [2.24, 2.45) is 0 Å². The normalized spacial score (nSPS) is 11.1. The van der Waals surface area contributed by atoms with Crippen LogP contribution in [0, 0.1) is 0 Å². The van der Waals surface area contributed by atoms with Crippen molar-refractivity contribution in [3.8, 4) is 0 Å². The van der Waals surface area contributed by atoms with Gasteiger partial charge in [-0.05, 0) is 31.2 Å². The second-order valence-electron chi connectivity index (χ2n) is 4.36. The SMILES string of the molecule is C=C(C)Cc1ccc2[nH]c3cccnc3c2n1. The molecule has 3 nitrogen and oxygen atoms in total. The Bertz CT molecular complexity index is 710. The Balaban J connectivity index is 2.26. The van der Waals surface area contributed by atoms with Crippen LogP contribution in [0.2, 0.25) is 0 Å². The lowest BCUT2D eigenvalue weighted by molar-refractivity contribution is 1.08. The van der Waals surface area contributed by atoms with Crippen LogP contribution in [0.3, 0.4) is 0 Å². The van der Waals surface area contributed by atoms with Crippen LogP contribution in [-0.4, -0.2) is 15.0 Å². The van der Waals surface area contributed by atoms with E-state index in [1.54, 1.807) is 6.20 Å². The van der Waals surface area contributed by atoms with Crippen molar-refractivity contribution in [1.29, 1.82) is 0 Å². The van der Waals surface area contributed by atoms with Crippen molar-refractivity contribution in [2.75, 3.05) is 0 Å². The highest BCUT2D eigenvalue weighted by Crippen LogP contribution is 2.22. The van der Waals surface area contributed by atoms with E-state index in [1.807, 2.05) is 25.1 Å². The summed E-state index contributed by atoms with van der Waals surface area (Å²) >= 11 is 0. The maximum absolute atomic E-state index is 4.65. The zero-order chi connectivity index (χ0) is 11.8. The summed E-state index contributed by atoms with van der Waals surface area (Å²) in [4.78, 5) is 12.3. The predicted molar refractivity (Wildman–Crippen MR) is 69.9 cm³/mol. The lowest BCUT2D eigenvalue weighted by atomic mass is 10.1. The highest BCUT2D eigenvalue weighted by molar-refractivity contribution is 6.02. The molecule has 0 amide bonds. The van der Waals surface area contributed by atoms with Crippen molar-refractivity contribution in [2.45, 2.75) is 13.3 Å². The van der Waals surface area contributed by atoms with Gasteiger partial charge in [-0.15, -0.1) is 0 Å². The summed E-state index contributed by atoms with van der Waals surface area (Å²) in [5.41, 5.74) is 6.10. The van der Waals surface area contributed by atoms with Crippen molar-refractivity contribution in [3.05, 3.63) is 48.3 Å². The molecule has 3 aromatic heterocycles. The van der Waals surface area contributed by atoms with E-state index >= 15 is 0 Å². The number of aromatic amines is 1. The highest BCUT2D eigenvalue weighted by Gasteiger charge is 2.06. The fourth-order valence-electron chi connectivity index (χ4n) is 2.03. The Hall–Kier alpha value is -2.16. The number of hydrogen-bond donors (Lipinski definition) is 1. The zero-order valence-electron chi connectivity index (χ0n) is 9.70. The van der Waals surface area contributed by atoms with Crippen LogP contribution in [-0.2, 0) is 6.42 Å². The quantitative estimate of drug-likeness (QED) is 0.678. The fraction of sp³-hybridized carbons (Fsp3) is 0.143. The molecule has 0 fully saturated rings. The van der Waals surface area contributed by atoms with Gasteiger partial charge in [-0.3, -0.25) is 4.98 Å². The molecule has 0 aliphatic rings. The van der Waals surface area contributed by atoms with Crippen molar-refractivity contribution >= 4 is 22.1 Å². The molecule has 0 spiro atoms. The Morgan fingerprint density at radius 3 is 2.88 bits per heavy atom. The molecule has 3 heteroatoms. The van der Waals surface area contributed by atoms with Gasteiger partial charge in [0.15, 0.2) is 0 Å². The van der Waals surface area contributed by atoms with E-state index in [4.69, 9.17) is 0 Å². The number of H-pyrrole nitrogens is 1. The van der Waals surface area contributed by atoms with Gasteiger partial charge in [-0.2, -0.15) is 0 Å². The number of rotatable bonds is 2. The molecule has 1 N–H and O–H groups in total. The number of hydrogen-bond acceptors (Lipinski definition) is 2. The molecule has 0 atom stereocenters. The van der Waals surface area contributed by atoms with E-state index < -0.39 is 0 Å². The molecule has 0 radical (unpaired) electrons. The lowest BCUT2D eigenvalue weighted by Gasteiger charge is -1.99. The Labute approximate surface area is 99.2 Å². The third-order valence-electron chi connectivity index (χ3n) is 2.74. The lowest BCUT2D eigenvalue weighted by Crippen LogP contribution is -1.90. The topological polar surface area (TPSA) is 41.6 Å². The van der Waals surface area contributed by atoms with Gasteiger partial charge in [0.1, 0.15) is 11.0 Å². The zero-order valence-corrected chi connectivity index (χ0v) is 9.70. The van der Waals surface area contributed by atoms with Crippen LogP contribution in [0.4, 0.5) is 0 Å². The van der Waals surface area contributed by atoms with Gasteiger partial charge in [-0.25, -0.2) is 4.98 Å². The summed E-state index contributed by atoms with van der Waals surface area (Å²) in [7, 11) is 0. The molecule has 0 unspecified atom stereocenters. The molecule has 3 aromatic rings. The maximum atomic E-state index is 4.65. The number of aromatic nitrogens is 3. The third kappa shape index (κ3) is 1.69. The van der Waals surface area contributed by atoms with Gasteiger partial charge in [0.05, 0.1) is 11.0 Å². The summed E-state index contributed by atoms with van der Waals surface area (Å²) in [6.45, 7) is 5.93. The van der Waals surface area contributed by atoms with Crippen molar-refractivity contribution in [3.63, 3.8) is 0 Å². The van der Waals surface area contributed by atoms with E-state index in [9.17, 15) is 0 Å². The minimum Gasteiger partial charge on any atom is -0.352 e. The van der Waals surface area contributed by atoms with E-state index in [-0.39, 0.29) is 0 Å². The Kier molecular flexibility index (Phi) is 2.18. The summed E-state index contributed by atoms with van der Waals surface area (Å²) in [5, 5.41) is 0. The van der Waals surface area contributed by atoms with Gasteiger partial charge in [0, 0.05) is 18.3 Å². The molecule has 0 aliphatic heterocycles.